The Kier molecular flexibility index (Phi) is 10.1. The summed E-state index contributed by atoms with van der Waals surface area (Å²) >= 11 is 10.8. The molecule has 0 spiro atoms. The van der Waals surface area contributed by atoms with E-state index in [9.17, 15) is 43.2 Å². The topological polar surface area (TPSA) is 124 Å². The number of aliphatic imine (C=N–C) groups is 2. The number of benzene rings is 2. The summed E-state index contributed by atoms with van der Waals surface area (Å²) in [7, 11) is -6.76. The van der Waals surface area contributed by atoms with Gasteiger partial charge in [-0.05, 0) is 70.1 Å². The van der Waals surface area contributed by atoms with Crippen molar-refractivity contribution in [1.29, 1.82) is 0 Å². The van der Waals surface area contributed by atoms with Gasteiger partial charge in [0.1, 0.15) is 0 Å². The van der Waals surface area contributed by atoms with Crippen molar-refractivity contribution in [3.8, 4) is 0 Å². The van der Waals surface area contributed by atoms with Crippen LogP contribution in [0.25, 0.3) is 0 Å². The Hall–Kier alpha value is -2.66. The quantitative estimate of drug-likeness (QED) is 0.267. The molecule has 22 heteroatoms. The molecule has 2 N–H and O–H groups in total. The first-order valence-electron chi connectivity index (χ1n) is 11.8. The number of guanidine groups is 2. The molecule has 0 aromatic heterocycles. The molecule has 0 bridgehead atoms. The van der Waals surface area contributed by atoms with Crippen LogP contribution in [0.5, 0.6) is 0 Å². The summed E-state index contributed by atoms with van der Waals surface area (Å²) in [5.74, 6) is -0.303. The molecular weight excluding hydrogens is 719 g/mol. The number of thiocarbonyl (C=S) groups is 2. The molecule has 0 amide bonds. The predicted molar refractivity (Wildman–Crippen MR) is 162 cm³/mol. The Balaban J connectivity index is 1.35. The normalized spacial score (nSPS) is 16.0. The van der Waals surface area contributed by atoms with E-state index in [1.54, 1.807) is 0 Å². The van der Waals surface area contributed by atoms with Gasteiger partial charge in [-0.3, -0.25) is 19.8 Å². The third-order valence-corrected chi connectivity index (χ3v) is 12.0. The van der Waals surface area contributed by atoms with Crippen LogP contribution in [-0.4, -0.2) is 73.4 Å². The fraction of sp³-hybridized carbons (Fsp3) is 0.273. The molecule has 0 radical (unpaired) electrons. The summed E-state index contributed by atoms with van der Waals surface area (Å²) in [5, 5.41) is 0. The zero-order valence-electron chi connectivity index (χ0n) is 21.6. The second-order valence-electron chi connectivity index (χ2n) is 8.67. The summed E-state index contributed by atoms with van der Waals surface area (Å²) in [6.07, 6.45) is -9.27. The number of nitrogens with zero attached hydrogens (tertiary/aromatic N) is 4. The molecule has 10 nitrogen and oxygen atoms in total. The van der Waals surface area contributed by atoms with Crippen LogP contribution >= 0.6 is 46.0 Å². The highest BCUT2D eigenvalue weighted by Crippen LogP contribution is 2.32. The highest BCUT2D eigenvalue weighted by molar-refractivity contribution is 8.89. The van der Waals surface area contributed by atoms with Gasteiger partial charge in [0.2, 0.25) is 11.9 Å². The number of hydrogen-bond acceptors (Lipinski definition) is 10. The van der Waals surface area contributed by atoms with Gasteiger partial charge in [0.15, 0.2) is 8.64 Å². The third kappa shape index (κ3) is 8.13. The summed E-state index contributed by atoms with van der Waals surface area (Å²) in [6, 6.07) is 5.81. The molecule has 2 aliphatic heterocycles. The molecule has 2 aliphatic rings. The van der Waals surface area contributed by atoms with Crippen molar-refractivity contribution >= 4 is 86.6 Å². The molecule has 0 atom stereocenters. The molecule has 2 aromatic carbocycles. The molecule has 0 aliphatic carbocycles. The van der Waals surface area contributed by atoms with Crippen molar-refractivity contribution in [2.75, 3.05) is 26.2 Å². The zero-order valence-corrected chi connectivity index (χ0v) is 26.5. The number of hydrogen-bond donors (Lipinski definition) is 2. The number of nitrogens with one attached hydrogen (secondary N) is 2. The van der Waals surface area contributed by atoms with Crippen LogP contribution in [0.15, 0.2) is 68.3 Å². The second kappa shape index (κ2) is 13.0. The van der Waals surface area contributed by atoms with Crippen LogP contribution in [0.3, 0.4) is 0 Å². The maximum absolute atomic E-state index is 12.8. The van der Waals surface area contributed by atoms with Gasteiger partial charge in [0, 0.05) is 13.1 Å². The maximum atomic E-state index is 12.8. The smallest absolute Gasteiger partial charge is 0.295 e. The van der Waals surface area contributed by atoms with Gasteiger partial charge in [0.25, 0.3) is 20.0 Å². The SMILES string of the molecule is O=S(=O)(NC1=NCCN1C(=S)SSC(=S)N1CCN=C1NS(=O)(=O)c1ccc(C(F)(F)F)cc1)c1ccc(C(F)(F)F)cc1. The van der Waals surface area contributed by atoms with Gasteiger partial charge in [0.05, 0.1) is 34.0 Å². The van der Waals surface area contributed by atoms with Gasteiger partial charge in [-0.1, -0.05) is 24.4 Å². The van der Waals surface area contributed by atoms with Gasteiger partial charge in [-0.25, -0.2) is 26.3 Å². The van der Waals surface area contributed by atoms with E-state index >= 15 is 0 Å². The van der Waals surface area contributed by atoms with Crippen LogP contribution in [0.4, 0.5) is 26.3 Å². The van der Waals surface area contributed by atoms with Crippen molar-refractivity contribution in [2.24, 2.45) is 9.98 Å². The van der Waals surface area contributed by atoms with Gasteiger partial charge in [-0.2, -0.15) is 26.3 Å². The van der Waals surface area contributed by atoms with E-state index in [1.807, 2.05) is 0 Å². The van der Waals surface area contributed by atoms with Crippen LogP contribution in [0.2, 0.25) is 0 Å². The molecule has 44 heavy (non-hydrogen) atoms. The standard InChI is InChI=1S/C22H18F6N6O4S6/c23-21(24,25)13-1-5-15(6-2-13)43(35,36)31-17-29-9-11-33(17)19(39)41-42-20(40)34-12-10-30-18(34)32-44(37,38)16-7-3-14(4-8-16)22(26,27)28/h1-8H,9-12H2,(H,29,31)(H,30,32). The lowest BCUT2D eigenvalue weighted by molar-refractivity contribution is -0.138. The van der Waals surface area contributed by atoms with E-state index in [0.717, 1.165) is 45.9 Å². The maximum Gasteiger partial charge on any atom is 0.416 e. The van der Waals surface area contributed by atoms with Crippen LogP contribution < -0.4 is 9.44 Å². The largest absolute Gasteiger partial charge is 0.416 e. The Morgan fingerprint density at radius 2 is 0.977 bits per heavy atom. The van der Waals surface area contributed by atoms with Crippen molar-refractivity contribution in [3.63, 3.8) is 0 Å². The first kappa shape index (κ1) is 34.2. The molecular formula is C22H18F6N6O4S6. The van der Waals surface area contributed by atoms with Crippen LogP contribution in [-0.2, 0) is 32.4 Å². The summed E-state index contributed by atoms with van der Waals surface area (Å²) in [4.78, 5) is 10.00. The zero-order chi connectivity index (χ0) is 32.5. The van der Waals surface area contributed by atoms with Gasteiger partial charge < -0.3 is 0 Å². The molecule has 2 aromatic rings. The van der Waals surface area contributed by atoms with Crippen molar-refractivity contribution in [2.45, 2.75) is 22.1 Å². The summed E-state index contributed by atoms with van der Waals surface area (Å²) in [5.41, 5.74) is -2.03. The van der Waals surface area contributed by atoms with Crippen molar-refractivity contribution in [3.05, 3.63) is 59.7 Å². The molecule has 0 saturated carbocycles. The van der Waals surface area contributed by atoms with E-state index in [4.69, 9.17) is 24.4 Å². The summed E-state index contributed by atoms with van der Waals surface area (Å²) in [6.45, 7) is 0.700. The molecule has 0 unspecified atom stereocenters. The van der Waals surface area contributed by atoms with Crippen LogP contribution in [0, 0.1) is 0 Å². The third-order valence-electron chi connectivity index (χ3n) is 5.74. The number of rotatable bonds is 4. The second-order valence-corrected chi connectivity index (χ2v) is 15.4. The first-order chi connectivity index (χ1) is 20.4. The lowest BCUT2D eigenvalue weighted by Gasteiger charge is -2.23. The monoisotopic (exact) mass is 736 g/mol. The number of sulfonamides is 2. The minimum absolute atomic E-state index is 0.117. The van der Waals surface area contributed by atoms with E-state index in [0.29, 0.717) is 24.3 Å². The molecule has 238 valence electrons. The van der Waals surface area contributed by atoms with E-state index in [1.165, 1.54) is 9.80 Å². The highest BCUT2D eigenvalue weighted by atomic mass is 33.1. The van der Waals surface area contributed by atoms with Gasteiger partial charge in [-0.15, -0.1) is 0 Å². The molecule has 0 saturated heterocycles. The summed E-state index contributed by atoms with van der Waals surface area (Å²) < 4.78 is 133. The Morgan fingerprint density at radius 3 is 1.27 bits per heavy atom. The lowest BCUT2D eigenvalue weighted by Crippen LogP contribution is -2.44. The Morgan fingerprint density at radius 1 is 0.659 bits per heavy atom. The predicted octanol–water partition coefficient (Wildman–Crippen LogP) is 4.28. The lowest BCUT2D eigenvalue weighted by atomic mass is 10.2. The van der Waals surface area contributed by atoms with Crippen molar-refractivity contribution < 1.29 is 43.2 Å². The number of halogens is 6. The van der Waals surface area contributed by atoms with E-state index < -0.39 is 53.3 Å². The minimum atomic E-state index is -4.64. The molecule has 2 heterocycles. The Labute approximate surface area is 265 Å². The minimum Gasteiger partial charge on any atom is -0.295 e. The van der Waals surface area contributed by atoms with Crippen LogP contribution in [0.1, 0.15) is 11.1 Å². The first-order valence-corrected chi connectivity index (χ1v) is 17.8. The average Bonchev–Trinajstić information content (AvgIpc) is 3.59. The Bertz CT molecular complexity index is 1590. The molecule has 0 fully saturated rings. The molecule has 4 rings (SSSR count). The average molecular weight is 737 g/mol. The van der Waals surface area contributed by atoms with Gasteiger partial charge >= 0.3 is 12.4 Å². The van der Waals surface area contributed by atoms with E-state index in [2.05, 4.69) is 19.4 Å². The number of alkyl halides is 6. The van der Waals surface area contributed by atoms with Crippen molar-refractivity contribution in [1.82, 2.24) is 19.2 Å². The fourth-order valence-corrected chi connectivity index (χ4v) is 8.26. The van der Waals surface area contributed by atoms with E-state index in [-0.39, 0.29) is 46.7 Å². The fourth-order valence-electron chi connectivity index (χ4n) is 3.59. The highest BCUT2D eigenvalue weighted by Gasteiger charge is 2.33.